The van der Waals surface area contributed by atoms with Crippen LogP contribution in [0.5, 0.6) is 0 Å². The number of carbonyl (C=O) groups excluding carboxylic acids is 2. The van der Waals surface area contributed by atoms with E-state index in [1.165, 1.54) is 193 Å². The fourth-order valence-corrected chi connectivity index (χ4v) is 10.7. The molecule has 0 bridgehead atoms. The Hall–Kier alpha value is -4.48. The van der Waals surface area contributed by atoms with Crippen molar-refractivity contribution in [2.75, 3.05) is 13.2 Å². The van der Waals surface area contributed by atoms with Crippen molar-refractivity contribution in [1.29, 1.82) is 0 Å². The van der Waals surface area contributed by atoms with Crippen molar-refractivity contribution in [3.05, 3.63) is 158 Å². The van der Waals surface area contributed by atoms with Crippen molar-refractivity contribution in [2.24, 2.45) is 0 Å². The predicted molar refractivity (Wildman–Crippen MR) is 398 cm³/mol. The van der Waals surface area contributed by atoms with Gasteiger partial charge in [0.25, 0.3) is 0 Å². The first-order valence-corrected chi connectivity index (χ1v) is 38.0. The van der Waals surface area contributed by atoms with Gasteiger partial charge in [0.05, 0.1) is 6.61 Å². The molecular formula is C85H142O5. The third kappa shape index (κ3) is 76.0. The lowest BCUT2D eigenvalue weighted by Crippen LogP contribution is -2.28. The molecule has 0 aliphatic heterocycles. The molecule has 90 heavy (non-hydrogen) atoms. The van der Waals surface area contributed by atoms with Crippen molar-refractivity contribution < 1.29 is 24.2 Å². The van der Waals surface area contributed by atoms with Gasteiger partial charge in [-0.05, 0) is 122 Å². The minimum Gasteiger partial charge on any atom is -0.462 e. The number of allylic oxidation sites excluding steroid dienone is 26. The van der Waals surface area contributed by atoms with E-state index in [4.69, 9.17) is 9.47 Å². The lowest BCUT2D eigenvalue weighted by molar-refractivity contribution is -0.161. The van der Waals surface area contributed by atoms with Crippen molar-refractivity contribution in [3.63, 3.8) is 0 Å². The van der Waals surface area contributed by atoms with E-state index in [0.717, 1.165) is 128 Å². The summed E-state index contributed by atoms with van der Waals surface area (Å²) in [5, 5.41) is 9.72. The standard InChI is InChI=1S/C85H142O5/c1-3-5-7-9-11-13-15-17-19-21-23-25-27-29-31-33-35-37-39-41-42-44-45-47-49-51-53-55-57-59-61-63-65-67-69-71-73-75-77-79-84(87)89-82-83(81-86)90-85(88)80-78-76-74-72-70-68-66-64-62-60-58-56-54-52-50-48-46-43-40-38-36-34-32-30-28-26-24-22-20-18-16-14-12-10-8-6-4-2/h5-8,11-14,17-20,23-26,30,32,36,38,43,46,50,52,56,58,83,86H,3-4,9-10,15-16,21-22,27-29,31,33-35,37,39-42,44-45,47-49,51,53-55,57,59-82H2,1-2H3/b7-5-,8-6-,13-11-,14-12-,19-17-,20-18-,25-23-,26-24-,32-30-,38-36-,46-43-,52-50-,58-56-. The molecule has 512 valence electrons. The molecular weight excluding hydrogens is 1100 g/mol. The van der Waals surface area contributed by atoms with Crippen LogP contribution in [0.25, 0.3) is 0 Å². The van der Waals surface area contributed by atoms with Crippen molar-refractivity contribution in [3.8, 4) is 0 Å². The van der Waals surface area contributed by atoms with E-state index in [1.807, 2.05) is 0 Å². The zero-order valence-electron chi connectivity index (χ0n) is 58.9. The van der Waals surface area contributed by atoms with Gasteiger partial charge in [0.2, 0.25) is 0 Å². The summed E-state index contributed by atoms with van der Waals surface area (Å²) in [6, 6.07) is 0. The lowest BCUT2D eigenvalue weighted by atomic mass is 10.0. The quantitative estimate of drug-likeness (QED) is 0.0373. The van der Waals surface area contributed by atoms with Crippen LogP contribution in [-0.2, 0) is 19.1 Å². The first-order valence-electron chi connectivity index (χ1n) is 38.0. The van der Waals surface area contributed by atoms with Crippen LogP contribution >= 0.6 is 0 Å². The topological polar surface area (TPSA) is 72.8 Å². The summed E-state index contributed by atoms with van der Waals surface area (Å²) in [7, 11) is 0. The molecule has 0 aliphatic carbocycles. The summed E-state index contributed by atoms with van der Waals surface area (Å²) in [6.07, 6.45) is 120. The van der Waals surface area contributed by atoms with Crippen LogP contribution in [0.2, 0.25) is 0 Å². The molecule has 1 unspecified atom stereocenters. The molecule has 0 saturated heterocycles. The molecule has 0 aromatic rings. The van der Waals surface area contributed by atoms with Crippen LogP contribution in [0.4, 0.5) is 0 Å². The summed E-state index contributed by atoms with van der Waals surface area (Å²) in [5.74, 6) is -0.591. The molecule has 5 nitrogen and oxygen atoms in total. The van der Waals surface area contributed by atoms with Crippen LogP contribution in [0.1, 0.15) is 348 Å². The maximum Gasteiger partial charge on any atom is 0.306 e. The summed E-state index contributed by atoms with van der Waals surface area (Å²) >= 11 is 0. The Labute approximate surface area is 558 Å². The number of ether oxygens (including phenoxy) is 2. The van der Waals surface area contributed by atoms with Gasteiger partial charge in [-0.3, -0.25) is 9.59 Å². The Morgan fingerprint density at radius 2 is 0.444 bits per heavy atom. The average molecular weight is 1240 g/mol. The molecule has 1 N–H and O–H groups in total. The Balaban J connectivity index is 3.48. The second kappa shape index (κ2) is 78.8. The van der Waals surface area contributed by atoms with Crippen molar-refractivity contribution in [2.45, 2.75) is 354 Å². The number of aliphatic hydroxyl groups excluding tert-OH is 1. The lowest BCUT2D eigenvalue weighted by Gasteiger charge is -2.15. The van der Waals surface area contributed by atoms with Crippen LogP contribution in [0, 0.1) is 0 Å². The molecule has 0 aromatic carbocycles. The number of esters is 2. The van der Waals surface area contributed by atoms with Gasteiger partial charge in [-0.1, -0.05) is 371 Å². The third-order valence-electron chi connectivity index (χ3n) is 16.3. The molecule has 0 radical (unpaired) electrons. The summed E-state index contributed by atoms with van der Waals surface area (Å²) in [4.78, 5) is 24.7. The van der Waals surface area contributed by atoms with Gasteiger partial charge in [-0.15, -0.1) is 0 Å². The van der Waals surface area contributed by atoms with Gasteiger partial charge in [-0.25, -0.2) is 0 Å². The summed E-state index contributed by atoms with van der Waals surface area (Å²) in [6.45, 7) is 3.93. The number of hydrogen-bond acceptors (Lipinski definition) is 5. The zero-order valence-corrected chi connectivity index (χ0v) is 58.9. The minimum absolute atomic E-state index is 0.0723. The second-order valence-electron chi connectivity index (χ2n) is 25.0. The van der Waals surface area contributed by atoms with Crippen molar-refractivity contribution in [1.82, 2.24) is 0 Å². The highest BCUT2D eigenvalue weighted by molar-refractivity contribution is 5.70. The largest absolute Gasteiger partial charge is 0.462 e. The molecule has 0 aromatic heterocycles. The normalized spacial score (nSPS) is 13.1. The molecule has 1 atom stereocenters. The monoisotopic (exact) mass is 1240 g/mol. The van der Waals surface area contributed by atoms with Gasteiger partial charge in [-0.2, -0.15) is 0 Å². The molecule has 5 heteroatoms. The summed E-state index contributed by atoms with van der Waals surface area (Å²) in [5.41, 5.74) is 0. The number of hydrogen-bond donors (Lipinski definition) is 1. The molecule has 0 fully saturated rings. The van der Waals surface area contributed by atoms with Crippen LogP contribution < -0.4 is 0 Å². The van der Waals surface area contributed by atoms with Gasteiger partial charge < -0.3 is 14.6 Å². The van der Waals surface area contributed by atoms with Crippen LogP contribution in [-0.4, -0.2) is 36.4 Å². The van der Waals surface area contributed by atoms with Gasteiger partial charge in [0.1, 0.15) is 6.61 Å². The van der Waals surface area contributed by atoms with E-state index in [9.17, 15) is 14.7 Å². The smallest absolute Gasteiger partial charge is 0.306 e. The zero-order chi connectivity index (χ0) is 64.7. The molecule has 0 amide bonds. The second-order valence-corrected chi connectivity index (χ2v) is 25.0. The van der Waals surface area contributed by atoms with E-state index in [2.05, 4.69) is 172 Å². The number of carbonyl (C=O) groups is 2. The Kier molecular flexibility index (Phi) is 74.8. The fourth-order valence-electron chi connectivity index (χ4n) is 10.7. The van der Waals surface area contributed by atoms with Crippen molar-refractivity contribution >= 4 is 11.9 Å². The average Bonchev–Trinajstić information content (AvgIpc) is 3.62. The maximum atomic E-state index is 12.4. The van der Waals surface area contributed by atoms with E-state index >= 15 is 0 Å². The first kappa shape index (κ1) is 85.5. The van der Waals surface area contributed by atoms with E-state index in [0.29, 0.717) is 12.8 Å². The molecule has 0 rings (SSSR count). The van der Waals surface area contributed by atoms with Crippen LogP contribution in [0.15, 0.2) is 158 Å². The number of aliphatic hydroxyl groups is 1. The maximum absolute atomic E-state index is 12.4. The highest BCUT2D eigenvalue weighted by atomic mass is 16.6. The number of rotatable bonds is 69. The SMILES string of the molecule is CC/C=C\C/C=C\C/C=C\C/C=C\C/C=C\C/C=C\C/C=C\C/C=C\C/C=C\CCCCCCCCCCCC(=O)OC(CO)COC(=O)CCCCCCCCCCCCCCCCCCCCCCCCCCCC/C=C\C/C=C\C/C=C\C/C=C\CC. The predicted octanol–water partition coefficient (Wildman–Crippen LogP) is 27.0. The third-order valence-corrected chi connectivity index (χ3v) is 16.3. The highest BCUT2D eigenvalue weighted by Crippen LogP contribution is 2.18. The first-order chi connectivity index (χ1) is 44.6. The Morgan fingerprint density at radius 1 is 0.256 bits per heavy atom. The Bertz CT molecular complexity index is 1900. The molecule has 0 saturated carbocycles. The van der Waals surface area contributed by atoms with Gasteiger partial charge >= 0.3 is 11.9 Å². The van der Waals surface area contributed by atoms with E-state index in [-0.39, 0.29) is 25.2 Å². The minimum atomic E-state index is -0.785. The van der Waals surface area contributed by atoms with Gasteiger partial charge in [0.15, 0.2) is 6.10 Å². The number of unbranched alkanes of at least 4 members (excludes halogenated alkanes) is 35. The van der Waals surface area contributed by atoms with Gasteiger partial charge in [0, 0.05) is 12.8 Å². The molecule has 0 aliphatic rings. The van der Waals surface area contributed by atoms with Crippen LogP contribution in [0.3, 0.4) is 0 Å². The molecule has 0 heterocycles. The Morgan fingerprint density at radius 3 is 0.667 bits per heavy atom. The summed E-state index contributed by atoms with van der Waals surface area (Å²) < 4.78 is 10.8. The highest BCUT2D eigenvalue weighted by Gasteiger charge is 2.16. The van der Waals surface area contributed by atoms with E-state index < -0.39 is 6.10 Å². The van der Waals surface area contributed by atoms with E-state index in [1.54, 1.807) is 0 Å². The fraction of sp³-hybridized carbons (Fsp3) is 0.671. The molecule has 0 spiro atoms.